The highest BCUT2D eigenvalue weighted by Gasteiger charge is 2.44. The minimum absolute atomic E-state index is 0.0928. The molecular formula is C32H37N7O3. The number of pyridine rings is 3. The molecule has 0 radical (unpaired) electrons. The molecule has 218 valence electrons. The van der Waals surface area contributed by atoms with Gasteiger partial charge in [-0.3, -0.25) is 4.90 Å². The normalized spacial score (nSPS) is 18.6. The van der Waals surface area contributed by atoms with E-state index in [-0.39, 0.29) is 6.10 Å². The lowest BCUT2D eigenvalue weighted by atomic mass is 9.87. The molecule has 4 aromatic heterocycles. The molecular weight excluding hydrogens is 530 g/mol. The number of methoxy groups -OCH3 is 1. The van der Waals surface area contributed by atoms with Crippen LogP contribution >= 0.6 is 0 Å². The van der Waals surface area contributed by atoms with E-state index in [0.29, 0.717) is 35.9 Å². The molecule has 3 saturated heterocycles. The lowest BCUT2D eigenvalue weighted by molar-refractivity contribution is -0.0787. The lowest BCUT2D eigenvalue weighted by Crippen LogP contribution is -2.68. The molecule has 10 nitrogen and oxygen atoms in total. The van der Waals surface area contributed by atoms with Crippen LogP contribution in [0.5, 0.6) is 11.6 Å². The zero-order valence-corrected chi connectivity index (χ0v) is 24.8. The number of anilines is 1. The molecule has 0 spiro atoms. The first-order valence-corrected chi connectivity index (χ1v) is 14.4. The van der Waals surface area contributed by atoms with E-state index in [1.54, 1.807) is 24.0 Å². The Balaban J connectivity index is 1.18. The number of piperazine rings is 1. The number of ether oxygens (including phenoxy) is 3. The standard InChI is InChI=1S/C32H37N7O3/c1-21(2)42-32(3,4)20-41-27-11-28(31-24(12-33)15-36-39(31)19-27)23-7-8-29(34-14-23)37-17-25-10-26(18-37)38(25)16-22-6-9-30(40-5)35-13-22/h6-9,11,13-15,19,21,25-26H,10,16-18,20H2,1-5H3. The number of nitrogens with zero attached hydrogens (tertiary/aromatic N) is 7. The van der Waals surface area contributed by atoms with E-state index < -0.39 is 5.60 Å². The van der Waals surface area contributed by atoms with Gasteiger partial charge in [0.05, 0.1) is 42.3 Å². The molecule has 2 bridgehead atoms. The topological polar surface area (TPSA) is 101 Å². The first-order chi connectivity index (χ1) is 20.2. The number of nitriles is 1. The molecule has 0 amide bonds. The summed E-state index contributed by atoms with van der Waals surface area (Å²) in [6.45, 7) is 11.2. The second-order valence-corrected chi connectivity index (χ2v) is 12.0. The summed E-state index contributed by atoms with van der Waals surface area (Å²) < 4.78 is 19.1. The molecule has 0 saturated carbocycles. The zero-order valence-electron chi connectivity index (χ0n) is 24.8. The summed E-state index contributed by atoms with van der Waals surface area (Å²) in [5.41, 5.74) is 3.74. The quantitative estimate of drug-likeness (QED) is 0.269. The first-order valence-electron chi connectivity index (χ1n) is 14.4. The third-order valence-corrected chi connectivity index (χ3v) is 7.95. The Hall–Kier alpha value is -4.20. The summed E-state index contributed by atoms with van der Waals surface area (Å²) in [5.74, 6) is 2.25. The van der Waals surface area contributed by atoms with Crippen LogP contribution in [0.1, 0.15) is 45.2 Å². The third kappa shape index (κ3) is 5.62. The highest BCUT2D eigenvalue weighted by Crippen LogP contribution is 2.36. The van der Waals surface area contributed by atoms with Crippen molar-refractivity contribution in [3.05, 3.63) is 66.2 Å². The van der Waals surface area contributed by atoms with Crippen LogP contribution in [0, 0.1) is 11.3 Å². The van der Waals surface area contributed by atoms with Crippen molar-refractivity contribution in [2.45, 2.75) is 64.4 Å². The van der Waals surface area contributed by atoms with E-state index in [4.69, 9.17) is 19.2 Å². The van der Waals surface area contributed by atoms with Crippen molar-refractivity contribution in [2.24, 2.45) is 0 Å². The van der Waals surface area contributed by atoms with Crippen molar-refractivity contribution in [3.63, 3.8) is 0 Å². The summed E-state index contributed by atoms with van der Waals surface area (Å²) in [6, 6.07) is 13.4. The van der Waals surface area contributed by atoms with Crippen LogP contribution in [-0.2, 0) is 11.3 Å². The number of aromatic nitrogens is 4. The van der Waals surface area contributed by atoms with Crippen molar-refractivity contribution < 1.29 is 14.2 Å². The minimum atomic E-state index is -0.454. The highest BCUT2D eigenvalue weighted by atomic mass is 16.5. The van der Waals surface area contributed by atoms with Crippen molar-refractivity contribution in [2.75, 3.05) is 31.7 Å². The third-order valence-electron chi connectivity index (χ3n) is 7.95. The monoisotopic (exact) mass is 567 g/mol. The first kappa shape index (κ1) is 27.9. The Bertz CT molecular complexity index is 1580. The van der Waals surface area contributed by atoms with Gasteiger partial charge in [0.2, 0.25) is 5.88 Å². The van der Waals surface area contributed by atoms with Gasteiger partial charge in [-0.05, 0) is 57.9 Å². The van der Waals surface area contributed by atoms with Crippen LogP contribution in [0.2, 0.25) is 0 Å². The van der Waals surface area contributed by atoms with Gasteiger partial charge in [0, 0.05) is 61.3 Å². The molecule has 0 N–H and O–H groups in total. The van der Waals surface area contributed by atoms with Crippen LogP contribution in [-0.4, -0.2) is 75.1 Å². The van der Waals surface area contributed by atoms with Gasteiger partial charge in [0.15, 0.2) is 0 Å². The van der Waals surface area contributed by atoms with Crippen LogP contribution in [0.25, 0.3) is 16.6 Å². The molecule has 3 aliphatic rings. The van der Waals surface area contributed by atoms with Crippen molar-refractivity contribution in [3.8, 4) is 28.8 Å². The van der Waals surface area contributed by atoms with E-state index in [2.05, 4.69) is 44.2 Å². The summed E-state index contributed by atoms with van der Waals surface area (Å²) in [4.78, 5) is 14.2. The van der Waals surface area contributed by atoms with E-state index in [9.17, 15) is 5.26 Å². The molecule has 42 heavy (non-hydrogen) atoms. The maximum absolute atomic E-state index is 9.75. The maximum atomic E-state index is 9.75. The van der Waals surface area contributed by atoms with Gasteiger partial charge in [0.25, 0.3) is 0 Å². The number of rotatable bonds is 10. The average Bonchev–Trinajstić information content (AvgIpc) is 3.41. The Labute approximate surface area is 246 Å². The van der Waals surface area contributed by atoms with E-state index in [0.717, 1.165) is 42.1 Å². The second kappa shape index (κ2) is 11.2. The van der Waals surface area contributed by atoms with Gasteiger partial charge in [-0.1, -0.05) is 6.07 Å². The van der Waals surface area contributed by atoms with Crippen molar-refractivity contribution >= 4 is 11.3 Å². The Morgan fingerprint density at radius 2 is 1.88 bits per heavy atom. The van der Waals surface area contributed by atoms with Gasteiger partial charge in [-0.25, -0.2) is 14.5 Å². The van der Waals surface area contributed by atoms with E-state index in [1.807, 2.05) is 52.2 Å². The number of hydrogen-bond donors (Lipinski definition) is 0. The van der Waals surface area contributed by atoms with Crippen molar-refractivity contribution in [1.29, 1.82) is 5.26 Å². The molecule has 3 fully saturated rings. The average molecular weight is 568 g/mol. The maximum Gasteiger partial charge on any atom is 0.212 e. The lowest BCUT2D eigenvalue weighted by Gasteiger charge is -2.56. The van der Waals surface area contributed by atoms with Gasteiger partial charge in [-0.15, -0.1) is 0 Å². The van der Waals surface area contributed by atoms with Crippen molar-refractivity contribution in [1.82, 2.24) is 24.5 Å². The summed E-state index contributed by atoms with van der Waals surface area (Å²) >= 11 is 0. The van der Waals surface area contributed by atoms with Gasteiger partial charge in [-0.2, -0.15) is 10.4 Å². The van der Waals surface area contributed by atoms with Crippen LogP contribution in [0.15, 0.2) is 55.1 Å². The summed E-state index contributed by atoms with van der Waals surface area (Å²) in [6.07, 6.45) is 8.48. The van der Waals surface area contributed by atoms with Gasteiger partial charge >= 0.3 is 0 Å². The van der Waals surface area contributed by atoms with E-state index in [1.165, 1.54) is 12.0 Å². The number of hydrogen-bond acceptors (Lipinski definition) is 9. The predicted molar refractivity (Wildman–Crippen MR) is 160 cm³/mol. The molecule has 4 aromatic rings. The van der Waals surface area contributed by atoms with E-state index >= 15 is 0 Å². The number of piperidine rings is 1. The zero-order chi connectivity index (χ0) is 29.4. The fourth-order valence-corrected chi connectivity index (χ4v) is 6.11. The second-order valence-electron chi connectivity index (χ2n) is 12.0. The molecule has 3 aliphatic heterocycles. The van der Waals surface area contributed by atoms with Crippen LogP contribution < -0.4 is 14.4 Å². The van der Waals surface area contributed by atoms with Gasteiger partial charge in [0.1, 0.15) is 24.2 Å². The fourth-order valence-electron chi connectivity index (χ4n) is 6.11. The van der Waals surface area contributed by atoms with Crippen LogP contribution in [0.4, 0.5) is 5.82 Å². The minimum Gasteiger partial charge on any atom is -0.489 e. The summed E-state index contributed by atoms with van der Waals surface area (Å²) in [5, 5.41) is 14.2. The smallest absolute Gasteiger partial charge is 0.212 e. The van der Waals surface area contributed by atoms with Gasteiger partial charge < -0.3 is 19.1 Å². The molecule has 7 heterocycles. The summed E-state index contributed by atoms with van der Waals surface area (Å²) in [7, 11) is 1.64. The molecule has 2 unspecified atom stereocenters. The predicted octanol–water partition coefficient (Wildman–Crippen LogP) is 4.72. The van der Waals surface area contributed by atoms with Crippen LogP contribution in [0.3, 0.4) is 0 Å². The highest BCUT2D eigenvalue weighted by molar-refractivity contribution is 5.85. The Kier molecular flexibility index (Phi) is 7.47. The Morgan fingerprint density at radius 1 is 1.07 bits per heavy atom. The number of fused-ring (bicyclic) bond motifs is 3. The fraction of sp³-hybridized carbons (Fsp3) is 0.438. The largest absolute Gasteiger partial charge is 0.489 e. The molecule has 2 atom stereocenters. The molecule has 0 aliphatic carbocycles. The Morgan fingerprint density at radius 3 is 2.52 bits per heavy atom. The molecule has 7 rings (SSSR count). The SMILES string of the molecule is COc1ccc(CN2C3CC2CN(c2ccc(-c4cc(OCC(C)(C)OC(C)C)cn5ncc(C#N)c45)cn2)C3)cn1. The molecule has 10 heteroatoms. The molecule has 0 aromatic carbocycles.